The first-order valence-electron chi connectivity index (χ1n) is 13.1. The van der Waals surface area contributed by atoms with Gasteiger partial charge in [0.15, 0.2) is 5.57 Å². The molecular formula is C30H31ClN6O2S. The third-order valence-corrected chi connectivity index (χ3v) is 8.09. The smallest absolute Gasteiger partial charge is 0.270 e. The average molecular weight is 575 g/mol. The second-order valence-electron chi connectivity index (χ2n) is 9.24. The zero-order valence-corrected chi connectivity index (χ0v) is 23.9. The Morgan fingerprint density at radius 1 is 1.18 bits per heavy atom. The molecule has 1 aromatic heterocycles. The summed E-state index contributed by atoms with van der Waals surface area (Å²) in [6.07, 6.45) is 7.75. The number of halogens is 1. The number of hydrogen-bond donors (Lipinski definition) is 2. The van der Waals surface area contributed by atoms with E-state index in [1.165, 1.54) is 15.8 Å². The van der Waals surface area contributed by atoms with Gasteiger partial charge in [0.2, 0.25) is 0 Å². The molecule has 206 valence electrons. The first-order chi connectivity index (χ1) is 19.4. The standard InChI is InChI=1S/C30H31ClN6O2S/c1-3-13-33-28(38)26(20-32)30-37(4-2)29(39)27(40-30)21-34-24-7-5-6-22(19-24)12-14-35-15-17-36(18-16-35)25-10-8-23(31)9-11-25/h1,5-11,19,21,34H,4,12-18H2,2H3,(H,33,38)/b27-21+,30-26-. The van der Waals surface area contributed by atoms with Crippen molar-refractivity contribution in [3.63, 3.8) is 0 Å². The summed E-state index contributed by atoms with van der Waals surface area (Å²) in [4.78, 5) is 30.2. The van der Waals surface area contributed by atoms with Crippen LogP contribution in [-0.4, -0.2) is 54.6 Å². The van der Waals surface area contributed by atoms with Crippen molar-refractivity contribution in [1.29, 1.82) is 5.26 Å². The van der Waals surface area contributed by atoms with Gasteiger partial charge in [-0.25, -0.2) is 0 Å². The molecular weight excluding hydrogens is 544 g/mol. The summed E-state index contributed by atoms with van der Waals surface area (Å²) < 4.78 is 2.13. The van der Waals surface area contributed by atoms with E-state index in [0.717, 1.165) is 61.2 Å². The van der Waals surface area contributed by atoms with Crippen LogP contribution < -0.4 is 30.3 Å². The summed E-state index contributed by atoms with van der Waals surface area (Å²) in [6, 6.07) is 18.0. The number of piperazine rings is 1. The number of benzene rings is 2. The van der Waals surface area contributed by atoms with Crippen molar-refractivity contribution in [3.8, 4) is 18.4 Å². The number of nitrogens with one attached hydrogen (secondary N) is 2. The molecule has 10 heteroatoms. The van der Waals surface area contributed by atoms with Crippen LogP contribution in [0.4, 0.5) is 11.4 Å². The SMILES string of the molecule is C#CCNC(=O)/C(C#N)=c1\s/c(=C/Nc2cccc(CCN3CCN(c4ccc(Cl)cc4)CC3)c2)c(=O)n1CC. The fraction of sp³-hybridized carbons (Fsp3) is 0.300. The Morgan fingerprint density at radius 2 is 1.93 bits per heavy atom. The molecule has 0 saturated carbocycles. The van der Waals surface area contributed by atoms with E-state index < -0.39 is 5.91 Å². The molecule has 1 saturated heterocycles. The van der Waals surface area contributed by atoms with Crippen LogP contribution in [0.5, 0.6) is 0 Å². The van der Waals surface area contributed by atoms with Crippen LogP contribution in [0.2, 0.25) is 5.02 Å². The minimum absolute atomic E-state index is 0.00222. The molecule has 0 unspecified atom stereocenters. The molecule has 1 fully saturated rings. The van der Waals surface area contributed by atoms with Crippen LogP contribution in [0, 0.1) is 23.7 Å². The predicted octanol–water partition coefficient (Wildman–Crippen LogP) is 2.22. The second kappa shape index (κ2) is 13.9. The van der Waals surface area contributed by atoms with E-state index in [0.29, 0.717) is 15.7 Å². The molecule has 2 heterocycles. The fourth-order valence-electron chi connectivity index (χ4n) is 4.54. The van der Waals surface area contributed by atoms with E-state index >= 15 is 0 Å². The maximum atomic E-state index is 13.0. The lowest BCUT2D eigenvalue weighted by molar-refractivity contribution is -0.115. The highest BCUT2D eigenvalue weighted by molar-refractivity contribution is 7.07. The van der Waals surface area contributed by atoms with Crippen molar-refractivity contribution in [2.24, 2.45) is 0 Å². The number of anilines is 2. The summed E-state index contributed by atoms with van der Waals surface area (Å²) in [5.41, 5.74) is 2.87. The van der Waals surface area contributed by atoms with E-state index in [4.69, 9.17) is 18.0 Å². The molecule has 1 aliphatic rings. The van der Waals surface area contributed by atoms with E-state index in [9.17, 15) is 14.9 Å². The van der Waals surface area contributed by atoms with Crippen LogP contribution >= 0.6 is 22.9 Å². The van der Waals surface area contributed by atoms with Crippen molar-refractivity contribution in [2.45, 2.75) is 19.9 Å². The Balaban J connectivity index is 1.41. The topological polar surface area (TPSA) is 93.4 Å². The van der Waals surface area contributed by atoms with Crippen molar-refractivity contribution in [2.75, 3.05) is 49.5 Å². The Labute approximate surface area is 242 Å². The average Bonchev–Trinajstić information content (AvgIpc) is 3.29. The lowest BCUT2D eigenvalue weighted by atomic mass is 10.1. The van der Waals surface area contributed by atoms with Crippen molar-refractivity contribution >= 4 is 52.0 Å². The quantitative estimate of drug-likeness (QED) is 0.381. The van der Waals surface area contributed by atoms with Gasteiger partial charge in [-0.05, 0) is 55.3 Å². The van der Waals surface area contributed by atoms with E-state index in [1.807, 2.05) is 30.3 Å². The number of thiazole rings is 1. The lowest BCUT2D eigenvalue weighted by Crippen LogP contribution is -2.46. The first-order valence-corrected chi connectivity index (χ1v) is 14.3. The first kappa shape index (κ1) is 29.0. The van der Waals surface area contributed by atoms with Crippen molar-refractivity contribution < 1.29 is 4.79 Å². The molecule has 0 atom stereocenters. The van der Waals surface area contributed by atoms with Gasteiger partial charge in [-0.15, -0.1) is 17.8 Å². The summed E-state index contributed by atoms with van der Waals surface area (Å²) in [6.45, 7) is 7.05. The van der Waals surface area contributed by atoms with Crippen molar-refractivity contribution in [1.82, 2.24) is 14.8 Å². The van der Waals surface area contributed by atoms with Gasteiger partial charge in [-0.1, -0.05) is 29.7 Å². The summed E-state index contributed by atoms with van der Waals surface area (Å²) >= 11 is 7.12. The van der Waals surface area contributed by atoms with Crippen LogP contribution in [0.1, 0.15) is 12.5 Å². The minimum Gasteiger partial charge on any atom is -0.369 e. The summed E-state index contributed by atoms with van der Waals surface area (Å²) in [7, 11) is 0. The van der Waals surface area contributed by atoms with Crippen LogP contribution in [-0.2, 0) is 17.8 Å². The number of terminal acetylenes is 1. The van der Waals surface area contributed by atoms with E-state index in [2.05, 4.69) is 50.6 Å². The Kier molecular flexibility index (Phi) is 10.0. The molecule has 0 bridgehead atoms. The molecule has 2 aromatic carbocycles. The van der Waals surface area contributed by atoms with Crippen molar-refractivity contribution in [3.05, 3.63) is 78.7 Å². The maximum Gasteiger partial charge on any atom is 0.270 e. The van der Waals surface area contributed by atoms with Gasteiger partial charge in [-0.3, -0.25) is 19.1 Å². The Bertz CT molecular complexity index is 1610. The Morgan fingerprint density at radius 3 is 2.60 bits per heavy atom. The van der Waals surface area contributed by atoms with E-state index in [-0.39, 0.29) is 17.7 Å². The number of amides is 1. The molecule has 1 amide bonds. The van der Waals surface area contributed by atoms with Gasteiger partial charge in [-0.2, -0.15) is 5.26 Å². The lowest BCUT2D eigenvalue weighted by Gasteiger charge is -2.36. The molecule has 0 radical (unpaired) electrons. The molecule has 4 rings (SSSR count). The van der Waals surface area contributed by atoms with Gasteiger partial charge in [0.25, 0.3) is 11.5 Å². The highest BCUT2D eigenvalue weighted by Gasteiger charge is 2.17. The summed E-state index contributed by atoms with van der Waals surface area (Å²) in [5.74, 6) is 1.71. The summed E-state index contributed by atoms with van der Waals surface area (Å²) in [5, 5.41) is 16.0. The number of hydrogen-bond acceptors (Lipinski definition) is 7. The molecule has 1 aliphatic heterocycles. The van der Waals surface area contributed by atoms with Gasteiger partial charge in [0.1, 0.15) is 15.3 Å². The zero-order chi connectivity index (χ0) is 28.5. The highest BCUT2D eigenvalue weighted by Crippen LogP contribution is 2.20. The fourth-order valence-corrected chi connectivity index (χ4v) is 5.75. The number of nitrogens with zero attached hydrogens (tertiary/aromatic N) is 4. The number of carbonyl (C=O) groups excluding carboxylic acids is 1. The molecule has 0 aliphatic carbocycles. The van der Waals surface area contributed by atoms with Crippen LogP contribution in [0.25, 0.3) is 11.8 Å². The second-order valence-corrected chi connectivity index (χ2v) is 10.7. The molecule has 0 spiro atoms. The minimum atomic E-state index is -0.595. The number of carbonyl (C=O) groups is 1. The molecule has 40 heavy (non-hydrogen) atoms. The normalized spacial score (nSPS) is 14.8. The number of aromatic nitrogens is 1. The third-order valence-electron chi connectivity index (χ3n) is 6.71. The van der Waals surface area contributed by atoms with Crippen LogP contribution in [0.3, 0.4) is 0 Å². The Hall–Kier alpha value is -4.02. The van der Waals surface area contributed by atoms with Gasteiger partial charge >= 0.3 is 0 Å². The maximum absolute atomic E-state index is 13.0. The van der Waals surface area contributed by atoms with E-state index in [1.54, 1.807) is 13.1 Å². The van der Waals surface area contributed by atoms with Crippen LogP contribution in [0.15, 0.2) is 53.3 Å². The van der Waals surface area contributed by atoms with Gasteiger partial charge in [0, 0.05) is 61.9 Å². The molecule has 2 N–H and O–H groups in total. The van der Waals surface area contributed by atoms with Gasteiger partial charge < -0.3 is 15.5 Å². The third kappa shape index (κ3) is 7.13. The molecule has 3 aromatic rings. The largest absolute Gasteiger partial charge is 0.369 e. The monoisotopic (exact) mass is 574 g/mol. The van der Waals surface area contributed by atoms with Gasteiger partial charge in [0.05, 0.1) is 6.54 Å². The predicted molar refractivity (Wildman–Crippen MR) is 163 cm³/mol. The highest BCUT2D eigenvalue weighted by atomic mass is 35.5. The zero-order valence-electron chi connectivity index (χ0n) is 22.3. The number of rotatable bonds is 9. The molecule has 8 nitrogen and oxygen atoms in total. The number of nitriles is 1.